The first kappa shape index (κ1) is 16.8. The van der Waals surface area contributed by atoms with Crippen molar-refractivity contribution < 1.29 is 26.3 Å². The molecule has 1 heterocycles. The zero-order valence-corrected chi connectivity index (χ0v) is 12.5. The molecule has 0 saturated carbocycles. The van der Waals surface area contributed by atoms with Gasteiger partial charge in [-0.3, -0.25) is 0 Å². The summed E-state index contributed by atoms with van der Waals surface area (Å²) >= 11 is 0. The van der Waals surface area contributed by atoms with Gasteiger partial charge in [-0.25, -0.2) is 8.42 Å². The van der Waals surface area contributed by atoms with E-state index in [9.17, 15) is 21.6 Å². The lowest BCUT2D eigenvalue weighted by Gasteiger charge is -2.12. The van der Waals surface area contributed by atoms with E-state index in [4.69, 9.17) is 5.26 Å². The maximum Gasteiger partial charge on any atom is 0.573 e. The van der Waals surface area contributed by atoms with Crippen molar-refractivity contribution in [2.45, 2.75) is 13.3 Å². The minimum absolute atomic E-state index is 0.0263. The van der Waals surface area contributed by atoms with E-state index in [1.807, 2.05) is 0 Å². The first-order valence-electron chi connectivity index (χ1n) is 6.24. The molecule has 1 aromatic heterocycles. The van der Waals surface area contributed by atoms with Gasteiger partial charge in [0, 0.05) is 11.1 Å². The summed E-state index contributed by atoms with van der Waals surface area (Å²) < 4.78 is 65.5. The zero-order chi connectivity index (χ0) is 17.3. The van der Waals surface area contributed by atoms with E-state index in [2.05, 4.69) is 9.84 Å². The standard InChI is InChI=1S/C13H10F3N3O3S/c1-2-23(20,21)19-8-10(7-18-19)11-4-3-9(6-17)5-12(11)22-13(14,15)16/h3-5,7-8H,2H2,1H3. The van der Waals surface area contributed by atoms with Crippen LogP contribution < -0.4 is 4.74 Å². The van der Waals surface area contributed by atoms with Gasteiger partial charge in [-0.2, -0.15) is 14.4 Å². The van der Waals surface area contributed by atoms with Crippen LogP contribution in [0, 0.1) is 11.3 Å². The maximum absolute atomic E-state index is 12.5. The number of halogens is 3. The Kier molecular flexibility index (Phi) is 4.33. The molecule has 6 nitrogen and oxygen atoms in total. The fourth-order valence-corrected chi connectivity index (χ4v) is 2.50. The van der Waals surface area contributed by atoms with Gasteiger partial charge >= 0.3 is 6.36 Å². The smallest absolute Gasteiger partial charge is 0.405 e. The Balaban J connectivity index is 2.53. The van der Waals surface area contributed by atoms with Gasteiger partial charge in [0.05, 0.1) is 29.8 Å². The van der Waals surface area contributed by atoms with Crippen molar-refractivity contribution in [1.29, 1.82) is 5.26 Å². The van der Waals surface area contributed by atoms with E-state index in [1.165, 1.54) is 19.1 Å². The van der Waals surface area contributed by atoms with Crippen LogP contribution in [0.15, 0.2) is 30.6 Å². The van der Waals surface area contributed by atoms with Crippen molar-refractivity contribution in [2.24, 2.45) is 0 Å². The fourth-order valence-electron chi connectivity index (χ4n) is 1.77. The topological polar surface area (TPSA) is 85.0 Å². The van der Waals surface area contributed by atoms with Gasteiger partial charge in [-0.1, -0.05) is 0 Å². The monoisotopic (exact) mass is 345 g/mol. The van der Waals surface area contributed by atoms with E-state index >= 15 is 0 Å². The van der Waals surface area contributed by atoms with E-state index in [1.54, 1.807) is 6.07 Å². The molecule has 2 aromatic rings. The predicted molar refractivity (Wildman–Crippen MR) is 73.9 cm³/mol. The van der Waals surface area contributed by atoms with Crippen LogP contribution in [0.1, 0.15) is 12.5 Å². The minimum atomic E-state index is -4.95. The number of rotatable bonds is 4. The summed E-state index contributed by atoms with van der Waals surface area (Å²) in [6.45, 7) is 1.41. The SMILES string of the molecule is CCS(=O)(=O)n1cc(-c2ccc(C#N)cc2OC(F)(F)F)cn1. The molecule has 122 valence electrons. The van der Waals surface area contributed by atoms with Gasteiger partial charge in [0.1, 0.15) is 5.75 Å². The maximum atomic E-state index is 12.5. The molecule has 0 aliphatic heterocycles. The molecule has 0 saturated heterocycles. The van der Waals surface area contributed by atoms with Crippen LogP contribution in [0.4, 0.5) is 13.2 Å². The second-order valence-corrected chi connectivity index (χ2v) is 6.49. The number of benzene rings is 1. The van der Waals surface area contributed by atoms with Gasteiger partial charge in [0.25, 0.3) is 10.0 Å². The van der Waals surface area contributed by atoms with Crippen molar-refractivity contribution >= 4 is 10.0 Å². The van der Waals surface area contributed by atoms with Crippen LogP contribution in [0.2, 0.25) is 0 Å². The summed E-state index contributed by atoms with van der Waals surface area (Å²) in [4.78, 5) is 0. The van der Waals surface area contributed by atoms with Gasteiger partial charge in [-0.15, -0.1) is 13.2 Å². The van der Waals surface area contributed by atoms with Gasteiger partial charge in [0.2, 0.25) is 0 Å². The largest absolute Gasteiger partial charge is 0.573 e. The molecule has 0 fully saturated rings. The molecule has 0 radical (unpaired) electrons. The van der Waals surface area contributed by atoms with Crippen LogP contribution in [0.3, 0.4) is 0 Å². The second-order valence-electron chi connectivity index (χ2n) is 4.37. The molecule has 10 heteroatoms. The van der Waals surface area contributed by atoms with Crippen molar-refractivity contribution in [1.82, 2.24) is 9.19 Å². The predicted octanol–water partition coefficient (Wildman–Crippen LogP) is 2.52. The molecule has 0 amide bonds. The lowest BCUT2D eigenvalue weighted by molar-refractivity contribution is -0.274. The summed E-state index contributed by atoms with van der Waals surface area (Å²) in [6, 6.07) is 5.16. The van der Waals surface area contributed by atoms with Gasteiger partial charge in [-0.05, 0) is 25.1 Å². The Bertz CT molecular complexity index is 867. The van der Waals surface area contributed by atoms with Crippen molar-refractivity contribution in [2.75, 3.05) is 5.75 Å². The molecule has 1 aromatic carbocycles. The van der Waals surface area contributed by atoms with Crippen LogP contribution in [0.25, 0.3) is 11.1 Å². The molecule has 0 N–H and O–H groups in total. The summed E-state index contributed by atoms with van der Waals surface area (Å²) in [5.41, 5.74) is 0.0613. The molecule has 0 aliphatic rings. The lowest BCUT2D eigenvalue weighted by atomic mass is 10.1. The summed E-state index contributed by atoms with van der Waals surface area (Å²) in [7, 11) is -3.66. The molecule has 0 spiro atoms. The quantitative estimate of drug-likeness (QED) is 0.850. The van der Waals surface area contributed by atoms with E-state index in [0.717, 1.165) is 18.5 Å². The Morgan fingerprint density at radius 1 is 1.39 bits per heavy atom. The third-order valence-electron chi connectivity index (χ3n) is 2.86. The second kappa shape index (κ2) is 5.92. The highest BCUT2D eigenvalue weighted by Gasteiger charge is 2.32. The first-order valence-corrected chi connectivity index (χ1v) is 7.85. The summed E-state index contributed by atoms with van der Waals surface area (Å²) in [6.07, 6.45) is -2.75. The number of hydrogen-bond donors (Lipinski definition) is 0. The minimum Gasteiger partial charge on any atom is -0.405 e. The molecule has 0 atom stereocenters. The highest BCUT2D eigenvalue weighted by Crippen LogP contribution is 2.34. The van der Waals surface area contributed by atoms with Gasteiger partial charge < -0.3 is 4.74 Å². The Hall–Kier alpha value is -2.54. The molecule has 0 aliphatic carbocycles. The third-order valence-corrected chi connectivity index (χ3v) is 4.36. The molecule has 2 rings (SSSR count). The van der Waals surface area contributed by atoms with E-state index in [0.29, 0.717) is 4.09 Å². The highest BCUT2D eigenvalue weighted by atomic mass is 32.2. The molecule has 0 bridgehead atoms. The van der Waals surface area contributed by atoms with Gasteiger partial charge in [0.15, 0.2) is 0 Å². The number of aromatic nitrogens is 2. The summed E-state index contributed by atoms with van der Waals surface area (Å²) in [5.74, 6) is -0.821. The molecular formula is C13H10F3N3O3S. The molecule has 0 unspecified atom stereocenters. The van der Waals surface area contributed by atoms with E-state index < -0.39 is 22.1 Å². The van der Waals surface area contributed by atoms with Crippen molar-refractivity contribution in [3.05, 3.63) is 36.2 Å². The molecular weight excluding hydrogens is 335 g/mol. The Labute approximate surface area is 129 Å². The lowest BCUT2D eigenvalue weighted by Crippen LogP contribution is -2.17. The van der Waals surface area contributed by atoms with Crippen LogP contribution in [-0.4, -0.2) is 29.7 Å². The average Bonchev–Trinajstić information content (AvgIpc) is 2.95. The fraction of sp³-hybridized carbons (Fsp3) is 0.231. The number of hydrogen-bond acceptors (Lipinski definition) is 5. The van der Waals surface area contributed by atoms with Crippen LogP contribution in [0.5, 0.6) is 5.75 Å². The van der Waals surface area contributed by atoms with Crippen LogP contribution >= 0.6 is 0 Å². The number of nitriles is 1. The Morgan fingerprint density at radius 2 is 2.09 bits per heavy atom. The normalized spacial score (nSPS) is 12.0. The number of alkyl halides is 3. The van der Waals surface area contributed by atoms with Crippen molar-refractivity contribution in [3.63, 3.8) is 0 Å². The van der Waals surface area contributed by atoms with Crippen molar-refractivity contribution in [3.8, 4) is 22.9 Å². The summed E-state index contributed by atoms with van der Waals surface area (Å²) in [5, 5.41) is 12.4. The number of nitrogens with zero attached hydrogens (tertiary/aromatic N) is 3. The third kappa shape index (κ3) is 3.81. The zero-order valence-electron chi connectivity index (χ0n) is 11.7. The molecule has 23 heavy (non-hydrogen) atoms. The number of ether oxygens (including phenoxy) is 1. The Morgan fingerprint density at radius 3 is 2.65 bits per heavy atom. The van der Waals surface area contributed by atoms with E-state index in [-0.39, 0.29) is 22.4 Å². The first-order chi connectivity index (χ1) is 10.7. The average molecular weight is 345 g/mol. The van der Waals surface area contributed by atoms with Crippen LogP contribution in [-0.2, 0) is 10.0 Å². The highest BCUT2D eigenvalue weighted by molar-refractivity contribution is 7.89.